The molecule has 0 radical (unpaired) electrons. The van der Waals surface area contributed by atoms with Crippen molar-refractivity contribution in [2.75, 3.05) is 65.5 Å². The van der Waals surface area contributed by atoms with E-state index in [2.05, 4.69) is 77.0 Å². The molecule has 188 valence electrons. The Bertz CT molecular complexity index is 365. The van der Waals surface area contributed by atoms with Gasteiger partial charge in [-0.2, -0.15) is 0 Å². The summed E-state index contributed by atoms with van der Waals surface area (Å²) in [4.78, 5) is 7.89. The first-order valence-electron chi connectivity index (χ1n) is 13.7. The zero-order chi connectivity index (χ0) is 23.8. The molecule has 0 aliphatic rings. The average Bonchev–Trinajstić information content (AvgIpc) is 2.80. The van der Waals surface area contributed by atoms with Gasteiger partial charge in [-0.15, -0.1) is 0 Å². The van der Waals surface area contributed by atoms with Crippen molar-refractivity contribution in [3.05, 3.63) is 0 Å². The largest absolute Gasteiger partial charge is 0.417 e. The minimum atomic E-state index is -1.71. The molecule has 0 saturated carbocycles. The van der Waals surface area contributed by atoms with E-state index in [0.717, 1.165) is 45.9 Å². The number of nitrogens with zero attached hydrogens (tertiary/aromatic N) is 3. The zero-order valence-corrected chi connectivity index (χ0v) is 24.1. The molecule has 0 saturated heterocycles. The molecule has 0 N–H and O–H groups in total. The van der Waals surface area contributed by atoms with Gasteiger partial charge in [0.1, 0.15) is 0 Å². The molecule has 0 heterocycles. The number of rotatable bonds is 21. The van der Waals surface area contributed by atoms with E-state index in [4.69, 9.17) is 4.43 Å². The molecule has 0 fully saturated rings. The third-order valence-corrected chi connectivity index (χ3v) is 12.9. The first-order chi connectivity index (χ1) is 14.9. The van der Waals surface area contributed by atoms with Gasteiger partial charge in [0, 0.05) is 6.61 Å². The van der Waals surface area contributed by atoms with Crippen LogP contribution in [0.3, 0.4) is 0 Å². The van der Waals surface area contributed by atoms with Crippen LogP contribution in [0.15, 0.2) is 0 Å². The maximum absolute atomic E-state index is 6.66. The van der Waals surface area contributed by atoms with Crippen molar-refractivity contribution >= 4 is 8.32 Å². The summed E-state index contributed by atoms with van der Waals surface area (Å²) in [6.07, 6.45) is 3.96. The maximum atomic E-state index is 6.66. The first-order valence-corrected chi connectivity index (χ1v) is 16.2. The van der Waals surface area contributed by atoms with E-state index in [1.807, 2.05) is 0 Å². The molecule has 31 heavy (non-hydrogen) atoms. The Hall–Kier alpha value is 0.0569. The summed E-state index contributed by atoms with van der Waals surface area (Å²) < 4.78 is 6.66. The van der Waals surface area contributed by atoms with Gasteiger partial charge in [0.15, 0.2) is 8.32 Å². The molecule has 0 spiro atoms. The van der Waals surface area contributed by atoms with E-state index in [-0.39, 0.29) is 0 Å². The molecule has 0 aromatic carbocycles. The van der Waals surface area contributed by atoms with Crippen LogP contribution in [-0.4, -0.2) is 88.5 Å². The highest BCUT2D eigenvalue weighted by atomic mass is 28.4. The molecule has 0 aromatic rings. The van der Waals surface area contributed by atoms with Crippen molar-refractivity contribution in [3.63, 3.8) is 0 Å². The molecule has 0 atom stereocenters. The predicted octanol–water partition coefficient (Wildman–Crippen LogP) is 6.19. The molecule has 5 heteroatoms. The van der Waals surface area contributed by atoms with Crippen molar-refractivity contribution in [2.24, 2.45) is 5.41 Å². The van der Waals surface area contributed by atoms with Gasteiger partial charge in [-0.1, -0.05) is 55.4 Å². The summed E-state index contributed by atoms with van der Waals surface area (Å²) in [5.41, 5.74) is 0.390. The Morgan fingerprint density at radius 1 is 0.548 bits per heavy atom. The molecular formula is C26H59N3OSi. The second-order valence-electron chi connectivity index (χ2n) is 9.33. The Kier molecular flexibility index (Phi) is 17.6. The van der Waals surface area contributed by atoms with Crippen LogP contribution in [0, 0.1) is 5.41 Å². The lowest BCUT2D eigenvalue weighted by Crippen LogP contribution is -2.46. The Morgan fingerprint density at radius 3 is 1.10 bits per heavy atom. The summed E-state index contributed by atoms with van der Waals surface area (Å²) in [7, 11) is -1.71. The Morgan fingerprint density at radius 2 is 0.871 bits per heavy atom. The number of hydrogen-bond acceptors (Lipinski definition) is 4. The lowest BCUT2D eigenvalue weighted by atomic mass is 9.79. The molecule has 0 aromatic heterocycles. The van der Waals surface area contributed by atoms with Gasteiger partial charge >= 0.3 is 0 Å². The molecule has 0 rings (SSSR count). The van der Waals surface area contributed by atoms with E-state index in [9.17, 15) is 0 Å². The van der Waals surface area contributed by atoms with Crippen LogP contribution < -0.4 is 0 Å². The fourth-order valence-corrected chi connectivity index (χ4v) is 9.21. The molecule has 0 aliphatic carbocycles. The van der Waals surface area contributed by atoms with Crippen molar-refractivity contribution in [2.45, 2.75) is 99.7 Å². The molecular weight excluding hydrogens is 398 g/mol. The van der Waals surface area contributed by atoms with Crippen LogP contribution in [0.4, 0.5) is 0 Å². The predicted molar refractivity (Wildman–Crippen MR) is 143 cm³/mol. The van der Waals surface area contributed by atoms with Gasteiger partial charge in [-0.3, -0.25) is 0 Å². The van der Waals surface area contributed by atoms with Crippen LogP contribution in [0.25, 0.3) is 0 Å². The summed E-state index contributed by atoms with van der Waals surface area (Å²) in [5.74, 6) is 0. The van der Waals surface area contributed by atoms with Crippen LogP contribution in [-0.2, 0) is 4.43 Å². The van der Waals surface area contributed by atoms with Crippen LogP contribution >= 0.6 is 0 Å². The number of hydrogen-bond donors (Lipinski definition) is 0. The van der Waals surface area contributed by atoms with Crippen LogP contribution in [0.5, 0.6) is 0 Å². The fourth-order valence-electron chi connectivity index (χ4n) is 5.19. The summed E-state index contributed by atoms with van der Waals surface area (Å²) in [6, 6.07) is 3.84. The van der Waals surface area contributed by atoms with Gasteiger partial charge in [0.25, 0.3) is 0 Å². The van der Waals surface area contributed by atoms with E-state index in [1.165, 1.54) is 57.0 Å². The van der Waals surface area contributed by atoms with E-state index >= 15 is 0 Å². The summed E-state index contributed by atoms with van der Waals surface area (Å²) >= 11 is 0. The summed E-state index contributed by atoms with van der Waals surface area (Å²) in [5, 5.41) is 0. The average molecular weight is 458 g/mol. The molecule has 0 bridgehead atoms. The van der Waals surface area contributed by atoms with Crippen molar-refractivity contribution in [1.82, 2.24) is 14.7 Å². The highest BCUT2D eigenvalue weighted by Gasteiger charge is 2.42. The van der Waals surface area contributed by atoms with E-state index in [0.29, 0.717) is 5.41 Å². The minimum Gasteiger partial charge on any atom is -0.417 e. The zero-order valence-electron chi connectivity index (χ0n) is 23.1. The monoisotopic (exact) mass is 457 g/mol. The quantitative estimate of drug-likeness (QED) is 0.191. The maximum Gasteiger partial charge on any atom is 0.192 e. The fraction of sp³-hybridized carbons (Fsp3) is 1.00. The van der Waals surface area contributed by atoms with Crippen molar-refractivity contribution < 1.29 is 4.43 Å². The van der Waals surface area contributed by atoms with Crippen molar-refractivity contribution in [1.29, 1.82) is 0 Å². The van der Waals surface area contributed by atoms with Gasteiger partial charge in [-0.05, 0) is 109 Å². The van der Waals surface area contributed by atoms with Crippen LogP contribution in [0.1, 0.15) is 81.6 Å². The first kappa shape index (κ1) is 31.1. The second kappa shape index (κ2) is 17.5. The summed E-state index contributed by atoms with van der Waals surface area (Å²) in [6.45, 7) is 32.4. The molecule has 0 amide bonds. The van der Waals surface area contributed by atoms with E-state index in [1.54, 1.807) is 0 Å². The molecule has 4 nitrogen and oxygen atoms in total. The highest BCUT2D eigenvalue weighted by molar-refractivity contribution is 6.73. The topological polar surface area (TPSA) is 19.0 Å². The molecule has 0 aliphatic heterocycles. The van der Waals surface area contributed by atoms with Crippen molar-refractivity contribution in [3.8, 4) is 0 Å². The van der Waals surface area contributed by atoms with E-state index < -0.39 is 8.32 Å². The van der Waals surface area contributed by atoms with Gasteiger partial charge in [0.05, 0.1) is 0 Å². The minimum absolute atomic E-state index is 0.390. The highest BCUT2D eigenvalue weighted by Crippen LogP contribution is 2.43. The van der Waals surface area contributed by atoms with Gasteiger partial charge in [0.2, 0.25) is 0 Å². The third kappa shape index (κ3) is 11.2. The van der Waals surface area contributed by atoms with Crippen LogP contribution in [0.2, 0.25) is 18.1 Å². The Balaban J connectivity index is 5.95. The lowest BCUT2D eigenvalue weighted by Gasteiger charge is -2.44. The Labute approximate surface area is 198 Å². The third-order valence-electron chi connectivity index (χ3n) is 7.99. The van der Waals surface area contributed by atoms with Gasteiger partial charge < -0.3 is 19.1 Å². The van der Waals surface area contributed by atoms with Gasteiger partial charge in [-0.25, -0.2) is 0 Å². The second-order valence-corrected chi connectivity index (χ2v) is 13.8. The SMILES string of the molecule is CCO[Si](CC)(CC)CC(CCN(CC)CC)(CCN(CC)CC)CCN(CC)CC. The smallest absolute Gasteiger partial charge is 0.192 e. The normalized spacial score (nSPS) is 13.2. The lowest BCUT2D eigenvalue weighted by molar-refractivity contribution is 0.137. The molecule has 0 unspecified atom stereocenters. The standard InChI is InChI=1S/C26H59N3OSi/c1-10-27(11-2)22-19-26(20-23-28(12-3)13-4,21-24-29(14-5)15-6)25-31(17-8,18-9)30-16-7/h10-25H2,1-9H3.